The largest absolute Gasteiger partial charge is 0.337 e. The van der Waals surface area contributed by atoms with Crippen molar-refractivity contribution in [3.63, 3.8) is 0 Å². The maximum atomic E-state index is 14.0. The number of likely N-dealkylation sites (tertiary alicyclic amines) is 1. The van der Waals surface area contributed by atoms with Gasteiger partial charge in [0.15, 0.2) is 0 Å². The zero-order chi connectivity index (χ0) is 21.8. The van der Waals surface area contributed by atoms with Crippen LogP contribution in [0.2, 0.25) is 0 Å². The van der Waals surface area contributed by atoms with Crippen molar-refractivity contribution in [2.24, 2.45) is 5.92 Å². The van der Waals surface area contributed by atoms with E-state index in [4.69, 9.17) is 0 Å². The number of carbonyl (C=O) groups excluding carboxylic acids is 1. The molecule has 32 heavy (non-hydrogen) atoms. The van der Waals surface area contributed by atoms with Crippen molar-refractivity contribution >= 4 is 5.91 Å². The maximum Gasteiger partial charge on any atom is 0.233 e. The smallest absolute Gasteiger partial charge is 0.233 e. The Labute approximate surface area is 193 Å². The predicted octanol–water partition coefficient (Wildman–Crippen LogP) is 5.19. The number of rotatable bonds is 7. The van der Waals surface area contributed by atoms with Crippen molar-refractivity contribution in [1.82, 2.24) is 14.8 Å². The molecule has 0 bridgehead atoms. The number of hydrogen-bond acceptors (Lipinski definition) is 3. The number of nitrogens with zero attached hydrogens (tertiary/aromatic N) is 3. The van der Waals surface area contributed by atoms with E-state index >= 15 is 0 Å². The van der Waals surface area contributed by atoms with E-state index in [1.807, 2.05) is 24.5 Å². The lowest BCUT2D eigenvalue weighted by atomic mass is 9.89. The third-order valence-electron chi connectivity index (χ3n) is 7.99. The quantitative estimate of drug-likeness (QED) is 0.606. The molecule has 1 amide bonds. The van der Waals surface area contributed by atoms with Gasteiger partial charge in [-0.25, -0.2) is 0 Å². The van der Waals surface area contributed by atoms with Gasteiger partial charge in [0, 0.05) is 38.1 Å². The molecule has 2 heterocycles. The summed E-state index contributed by atoms with van der Waals surface area (Å²) in [6.07, 6.45) is 15.1. The molecule has 170 valence electrons. The van der Waals surface area contributed by atoms with E-state index in [-0.39, 0.29) is 5.41 Å². The highest BCUT2D eigenvalue weighted by molar-refractivity contribution is 5.91. The van der Waals surface area contributed by atoms with Crippen LogP contribution in [0, 0.1) is 5.92 Å². The number of aromatic nitrogens is 1. The van der Waals surface area contributed by atoms with E-state index < -0.39 is 0 Å². The second-order valence-electron chi connectivity index (χ2n) is 10.3. The van der Waals surface area contributed by atoms with Gasteiger partial charge in [0.05, 0.1) is 5.41 Å². The van der Waals surface area contributed by atoms with Crippen molar-refractivity contribution < 1.29 is 4.79 Å². The van der Waals surface area contributed by atoms with Gasteiger partial charge in [-0.3, -0.25) is 9.78 Å². The van der Waals surface area contributed by atoms with Crippen molar-refractivity contribution in [3.8, 4) is 0 Å². The fourth-order valence-corrected chi connectivity index (χ4v) is 6.08. The van der Waals surface area contributed by atoms with Crippen molar-refractivity contribution in [2.45, 2.75) is 75.8 Å². The van der Waals surface area contributed by atoms with E-state index in [9.17, 15) is 4.79 Å². The first-order valence-corrected chi connectivity index (χ1v) is 12.7. The van der Waals surface area contributed by atoms with Crippen LogP contribution in [0.15, 0.2) is 54.9 Å². The summed E-state index contributed by atoms with van der Waals surface area (Å²) in [4.78, 5) is 23.2. The van der Waals surface area contributed by atoms with Gasteiger partial charge in [0.1, 0.15) is 0 Å². The van der Waals surface area contributed by atoms with Crippen LogP contribution < -0.4 is 0 Å². The van der Waals surface area contributed by atoms with E-state index in [1.165, 1.54) is 57.1 Å². The maximum absolute atomic E-state index is 14.0. The Morgan fingerprint density at radius 2 is 1.81 bits per heavy atom. The normalized spacial score (nSPS) is 23.6. The summed E-state index contributed by atoms with van der Waals surface area (Å²) < 4.78 is 0. The average molecular weight is 432 g/mol. The molecular formula is C28H37N3O. The molecule has 1 aromatic heterocycles. The zero-order valence-electron chi connectivity index (χ0n) is 19.3. The number of carbonyl (C=O) groups is 1. The zero-order valence-corrected chi connectivity index (χ0v) is 19.3. The third kappa shape index (κ3) is 4.76. The molecule has 0 N–H and O–H groups in total. The Kier molecular flexibility index (Phi) is 6.59. The molecule has 4 heteroatoms. The van der Waals surface area contributed by atoms with E-state index in [0.717, 1.165) is 37.5 Å². The highest BCUT2D eigenvalue weighted by atomic mass is 16.2. The van der Waals surface area contributed by atoms with E-state index in [1.54, 1.807) is 0 Å². The minimum absolute atomic E-state index is 0.304. The van der Waals surface area contributed by atoms with Gasteiger partial charge in [-0.2, -0.15) is 0 Å². The number of amides is 1. The number of pyridine rings is 1. The Morgan fingerprint density at radius 1 is 1.00 bits per heavy atom. The minimum Gasteiger partial charge on any atom is -0.337 e. The summed E-state index contributed by atoms with van der Waals surface area (Å²) >= 11 is 0. The van der Waals surface area contributed by atoms with Crippen LogP contribution in [0.1, 0.15) is 68.9 Å². The summed E-state index contributed by atoms with van der Waals surface area (Å²) in [7, 11) is 0. The lowest BCUT2D eigenvalue weighted by molar-refractivity contribution is -0.135. The van der Waals surface area contributed by atoms with Crippen LogP contribution >= 0.6 is 0 Å². The lowest BCUT2D eigenvalue weighted by Gasteiger charge is -2.41. The molecule has 3 aliphatic rings. The highest BCUT2D eigenvalue weighted by Crippen LogP contribution is 2.50. The molecule has 2 aliphatic carbocycles. The molecule has 3 fully saturated rings. The first-order valence-electron chi connectivity index (χ1n) is 12.7. The molecule has 1 aliphatic heterocycles. The second kappa shape index (κ2) is 9.74. The molecule has 2 aromatic rings. The molecule has 5 rings (SSSR count). The van der Waals surface area contributed by atoms with Gasteiger partial charge in [-0.1, -0.05) is 55.7 Å². The summed E-state index contributed by atoms with van der Waals surface area (Å²) in [5, 5.41) is 0. The topological polar surface area (TPSA) is 36.4 Å². The monoisotopic (exact) mass is 431 g/mol. The molecule has 0 radical (unpaired) electrons. The third-order valence-corrected chi connectivity index (χ3v) is 7.99. The Morgan fingerprint density at radius 3 is 2.53 bits per heavy atom. The van der Waals surface area contributed by atoms with Gasteiger partial charge < -0.3 is 9.80 Å². The van der Waals surface area contributed by atoms with E-state index in [0.29, 0.717) is 18.4 Å². The van der Waals surface area contributed by atoms with Crippen LogP contribution in [0.4, 0.5) is 0 Å². The highest BCUT2D eigenvalue weighted by Gasteiger charge is 2.53. The van der Waals surface area contributed by atoms with Crippen molar-refractivity contribution in [2.75, 3.05) is 19.6 Å². The minimum atomic E-state index is -0.304. The SMILES string of the molecule is O=C(N(Cc1cccnc1)C[C@@H]1CCCN(C2CCCCC2)C1)C1(c2ccccc2)CC1. The molecular weight excluding hydrogens is 394 g/mol. The first kappa shape index (κ1) is 21.6. The average Bonchev–Trinajstić information content (AvgIpc) is 3.67. The van der Waals surface area contributed by atoms with Gasteiger partial charge in [0.2, 0.25) is 5.91 Å². The summed E-state index contributed by atoms with van der Waals surface area (Å²) in [5.41, 5.74) is 2.01. The molecule has 1 aromatic carbocycles. The fourth-order valence-electron chi connectivity index (χ4n) is 6.08. The van der Waals surface area contributed by atoms with E-state index in [2.05, 4.69) is 45.1 Å². The molecule has 2 saturated carbocycles. The molecule has 0 unspecified atom stereocenters. The van der Waals surface area contributed by atoms with Gasteiger partial charge in [-0.15, -0.1) is 0 Å². The Hall–Kier alpha value is -2.20. The van der Waals surface area contributed by atoms with Crippen LogP contribution in [-0.2, 0) is 16.8 Å². The molecule has 4 nitrogen and oxygen atoms in total. The number of hydrogen-bond donors (Lipinski definition) is 0. The lowest BCUT2D eigenvalue weighted by Crippen LogP contribution is -2.48. The Balaban J connectivity index is 1.33. The van der Waals surface area contributed by atoms with Gasteiger partial charge in [-0.05, 0) is 68.2 Å². The van der Waals surface area contributed by atoms with Gasteiger partial charge >= 0.3 is 0 Å². The Bertz CT molecular complexity index is 874. The summed E-state index contributed by atoms with van der Waals surface area (Å²) in [6.45, 7) is 3.93. The van der Waals surface area contributed by atoms with Crippen LogP contribution in [0.5, 0.6) is 0 Å². The summed E-state index contributed by atoms with van der Waals surface area (Å²) in [6, 6.07) is 15.3. The molecule has 1 saturated heterocycles. The van der Waals surface area contributed by atoms with Crippen molar-refractivity contribution in [3.05, 3.63) is 66.0 Å². The van der Waals surface area contributed by atoms with Crippen LogP contribution in [0.25, 0.3) is 0 Å². The van der Waals surface area contributed by atoms with Crippen molar-refractivity contribution in [1.29, 1.82) is 0 Å². The standard InChI is InChI=1S/C28H37N3O/c32-27(28(15-16-28)25-11-3-1-4-12-25)31(20-23-9-7-17-29-19-23)22-24-10-8-18-30(21-24)26-13-5-2-6-14-26/h1,3-4,7,9,11-12,17,19,24,26H,2,5-6,8,10,13-16,18,20-22H2/t24-/m1/s1. The predicted molar refractivity (Wildman–Crippen MR) is 128 cm³/mol. The van der Waals surface area contributed by atoms with Crippen LogP contribution in [0.3, 0.4) is 0 Å². The van der Waals surface area contributed by atoms with Gasteiger partial charge in [0.25, 0.3) is 0 Å². The first-order chi connectivity index (χ1) is 15.7. The van der Waals surface area contributed by atoms with Crippen LogP contribution in [-0.4, -0.2) is 46.4 Å². The fraction of sp³-hybridized carbons (Fsp3) is 0.571. The molecule has 0 spiro atoms. The number of benzene rings is 1. The molecule has 1 atom stereocenters. The second-order valence-corrected chi connectivity index (χ2v) is 10.3. The summed E-state index contributed by atoms with van der Waals surface area (Å²) in [5.74, 6) is 0.889. The number of piperidine rings is 1.